The van der Waals surface area contributed by atoms with Crippen molar-refractivity contribution < 1.29 is 0 Å². The van der Waals surface area contributed by atoms with Gasteiger partial charge < -0.3 is 10.3 Å². The Morgan fingerprint density at radius 3 is 3.07 bits per heavy atom. The van der Waals surface area contributed by atoms with Gasteiger partial charge in [-0.2, -0.15) is 0 Å². The summed E-state index contributed by atoms with van der Waals surface area (Å²) < 4.78 is 0. The Labute approximate surface area is 93.6 Å². The van der Waals surface area contributed by atoms with Gasteiger partial charge in [-0.3, -0.25) is 0 Å². The number of likely N-dealkylation sites (N-methyl/N-ethyl adjacent to an activating group) is 1. The van der Waals surface area contributed by atoms with Gasteiger partial charge in [0.25, 0.3) is 0 Å². The number of aromatic nitrogens is 2. The van der Waals surface area contributed by atoms with E-state index in [1.54, 1.807) is 11.3 Å². The van der Waals surface area contributed by atoms with Crippen LogP contribution >= 0.6 is 11.3 Å². The van der Waals surface area contributed by atoms with Crippen molar-refractivity contribution in [2.45, 2.75) is 13.3 Å². The van der Waals surface area contributed by atoms with Crippen LogP contribution in [0, 0.1) is 6.92 Å². The Balaban J connectivity index is 2.17. The van der Waals surface area contributed by atoms with Gasteiger partial charge in [0, 0.05) is 13.0 Å². The predicted molar refractivity (Wildman–Crippen MR) is 64.3 cm³/mol. The second-order valence-electron chi connectivity index (χ2n) is 3.53. The van der Waals surface area contributed by atoms with E-state index >= 15 is 0 Å². The molecule has 0 unspecified atom stereocenters. The van der Waals surface area contributed by atoms with Crippen molar-refractivity contribution in [2.24, 2.45) is 0 Å². The number of imidazole rings is 1. The molecule has 0 aliphatic carbocycles. The molecule has 0 radical (unpaired) electrons. The van der Waals surface area contributed by atoms with Gasteiger partial charge in [0.1, 0.15) is 5.82 Å². The van der Waals surface area contributed by atoms with Crippen molar-refractivity contribution in [2.75, 3.05) is 13.6 Å². The Hall–Kier alpha value is -1.13. The third kappa shape index (κ3) is 2.27. The van der Waals surface area contributed by atoms with Crippen LogP contribution in [0.5, 0.6) is 0 Å². The minimum Gasteiger partial charge on any atom is -0.341 e. The molecule has 0 bridgehead atoms. The molecule has 0 spiro atoms. The lowest BCUT2D eigenvalue weighted by atomic mass is 10.2. The van der Waals surface area contributed by atoms with E-state index in [1.807, 2.05) is 13.2 Å². The normalized spacial score (nSPS) is 10.8. The molecule has 2 aromatic rings. The van der Waals surface area contributed by atoms with E-state index in [2.05, 4.69) is 33.7 Å². The van der Waals surface area contributed by atoms with E-state index in [9.17, 15) is 0 Å². The minimum absolute atomic E-state index is 0.945. The average molecular weight is 221 g/mol. The molecule has 80 valence electrons. The summed E-state index contributed by atoms with van der Waals surface area (Å²) in [7, 11) is 1.95. The number of hydrogen-bond donors (Lipinski definition) is 2. The molecule has 0 atom stereocenters. The van der Waals surface area contributed by atoms with Crippen LogP contribution in [-0.4, -0.2) is 23.6 Å². The molecule has 4 heteroatoms. The largest absolute Gasteiger partial charge is 0.341 e. The van der Waals surface area contributed by atoms with E-state index in [0.717, 1.165) is 24.5 Å². The summed E-state index contributed by atoms with van der Waals surface area (Å²) in [6.45, 7) is 3.08. The maximum atomic E-state index is 4.36. The molecule has 2 heterocycles. The highest BCUT2D eigenvalue weighted by Crippen LogP contribution is 2.27. The maximum absolute atomic E-state index is 4.36. The van der Waals surface area contributed by atoms with Crippen LogP contribution < -0.4 is 5.32 Å². The van der Waals surface area contributed by atoms with Crippen molar-refractivity contribution in [1.82, 2.24) is 15.3 Å². The summed E-state index contributed by atoms with van der Waals surface area (Å²) in [5, 5.41) is 5.22. The Morgan fingerprint density at radius 2 is 2.40 bits per heavy atom. The Bertz CT molecular complexity index is 430. The number of aryl methyl sites for hydroxylation is 1. The van der Waals surface area contributed by atoms with E-state index in [0.29, 0.717) is 0 Å². The number of H-pyrrole nitrogens is 1. The number of nitrogens with zero attached hydrogens (tertiary/aromatic N) is 1. The highest BCUT2D eigenvalue weighted by Gasteiger charge is 2.06. The summed E-state index contributed by atoms with van der Waals surface area (Å²) in [5.41, 5.74) is 2.44. The van der Waals surface area contributed by atoms with Crippen molar-refractivity contribution >= 4 is 11.3 Å². The lowest BCUT2D eigenvalue weighted by Crippen LogP contribution is -2.10. The highest BCUT2D eigenvalue weighted by molar-refractivity contribution is 7.13. The molecular weight excluding hydrogens is 206 g/mol. The van der Waals surface area contributed by atoms with E-state index in [4.69, 9.17) is 0 Å². The third-order valence-corrected chi connectivity index (χ3v) is 3.40. The maximum Gasteiger partial charge on any atom is 0.107 e. The predicted octanol–water partition coefficient (Wildman–Crippen LogP) is 2.21. The first-order valence-corrected chi connectivity index (χ1v) is 5.92. The highest BCUT2D eigenvalue weighted by atomic mass is 32.1. The van der Waals surface area contributed by atoms with Gasteiger partial charge >= 0.3 is 0 Å². The van der Waals surface area contributed by atoms with Gasteiger partial charge in [-0.15, -0.1) is 11.3 Å². The van der Waals surface area contributed by atoms with Gasteiger partial charge in [0.05, 0.1) is 16.8 Å². The minimum atomic E-state index is 0.945. The van der Waals surface area contributed by atoms with Crippen molar-refractivity contribution in [3.63, 3.8) is 0 Å². The van der Waals surface area contributed by atoms with Gasteiger partial charge in [0.15, 0.2) is 0 Å². The van der Waals surface area contributed by atoms with E-state index in [1.165, 1.54) is 10.4 Å². The molecule has 2 aromatic heterocycles. The third-order valence-electron chi connectivity index (χ3n) is 2.35. The number of rotatable bonds is 4. The molecular formula is C11H15N3S. The van der Waals surface area contributed by atoms with Crippen LogP contribution in [0.15, 0.2) is 17.6 Å². The molecule has 2 N–H and O–H groups in total. The molecule has 0 saturated carbocycles. The van der Waals surface area contributed by atoms with Crippen LogP contribution in [0.4, 0.5) is 0 Å². The lowest BCUT2D eigenvalue weighted by Gasteiger charge is -1.96. The van der Waals surface area contributed by atoms with Gasteiger partial charge in [-0.1, -0.05) is 0 Å². The molecule has 15 heavy (non-hydrogen) atoms. The first kappa shape index (κ1) is 10.4. The summed E-state index contributed by atoms with van der Waals surface area (Å²) in [6.07, 6.45) is 2.87. The quantitative estimate of drug-likeness (QED) is 0.831. The fraction of sp³-hybridized carbons (Fsp3) is 0.364. The second-order valence-corrected chi connectivity index (χ2v) is 4.45. The van der Waals surface area contributed by atoms with Gasteiger partial charge in [-0.05, 0) is 31.0 Å². The van der Waals surface area contributed by atoms with Crippen LogP contribution in [-0.2, 0) is 6.42 Å². The lowest BCUT2D eigenvalue weighted by molar-refractivity contribution is 0.764. The zero-order valence-electron chi connectivity index (χ0n) is 9.00. The molecule has 0 fully saturated rings. The first-order valence-electron chi connectivity index (χ1n) is 5.04. The smallest absolute Gasteiger partial charge is 0.107 e. The number of thiophene rings is 1. The monoisotopic (exact) mass is 221 g/mol. The fourth-order valence-electron chi connectivity index (χ4n) is 1.50. The topological polar surface area (TPSA) is 40.7 Å². The van der Waals surface area contributed by atoms with Gasteiger partial charge in [-0.25, -0.2) is 4.98 Å². The van der Waals surface area contributed by atoms with Crippen LogP contribution in [0.3, 0.4) is 0 Å². The fourth-order valence-corrected chi connectivity index (χ4v) is 2.39. The molecule has 3 nitrogen and oxygen atoms in total. The number of nitrogens with one attached hydrogen (secondary N) is 2. The van der Waals surface area contributed by atoms with Crippen LogP contribution in [0.1, 0.15) is 11.4 Å². The van der Waals surface area contributed by atoms with E-state index in [-0.39, 0.29) is 0 Å². The summed E-state index contributed by atoms with van der Waals surface area (Å²) in [5.74, 6) is 1.05. The van der Waals surface area contributed by atoms with Crippen molar-refractivity contribution in [1.29, 1.82) is 0 Å². The van der Waals surface area contributed by atoms with Crippen LogP contribution in [0.25, 0.3) is 10.6 Å². The standard InChI is InChI=1S/C11H15N3S/c1-8-4-6-15-11(8)9-7-13-10(14-9)3-5-12-2/h4,6-7,12H,3,5H2,1-2H3,(H,13,14). The molecule has 0 aliphatic heterocycles. The summed E-state index contributed by atoms with van der Waals surface area (Å²) in [6, 6.07) is 2.13. The Kier molecular flexibility index (Phi) is 3.18. The number of hydrogen-bond acceptors (Lipinski definition) is 3. The van der Waals surface area contributed by atoms with E-state index < -0.39 is 0 Å². The zero-order chi connectivity index (χ0) is 10.7. The van der Waals surface area contributed by atoms with Crippen LogP contribution in [0.2, 0.25) is 0 Å². The second kappa shape index (κ2) is 4.59. The average Bonchev–Trinajstić information content (AvgIpc) is 2.83. The molecule has 0 saturated heterocycles. The van der Waals surface area contributed by atoms with Gasteiger partial charge in [0.2, 0.25) is 0 Å². The summed E-state index contributed by atoms with van der Waals surface area (Å²) >= 11 is 1.75. The molecule has 2 rings (SSSR count). The SMILES string of the molecule is CNCCc1ncc(-c2sccc2C)[nH]1. The molecule has 0 aliphatic rings. The number of aromatic amines is 1. The zero-order valence-corrected chi connectivity index (χ0v) is 9.82. The summed E-state index contributed by atoms with van der Waals surface area (Å²) in [4.78, 5) is 9.00. The first-order chi connectivity index (χ1) is 7.31. The van der Waals surface area contributed by atoms with Crippen molar-refractivity contribution in [3.8, 4) is 10.6 Å². The molecule has 0 amide bonds. The Morgan fingerprint density at radius 1 is 1.53 bits per heavy atom. The molecule has 0 aromatic carbocycles. The van der Waals surface area contributed by atoms with Crippen molar-refractivity contribution in [3.05, 3.63) is 29.0 Å².